The van der Waals surface area contributed by atoms with Gasteiger partial charge in [-0.25, -0.2) is 8.42 Å². The average molecular weight is 540 g/mol. The molecule has 0 aromatic heterocycles. The molecule has 0 aromatic carbocycles. The number of carbonyl (C=O) groups excluding carboxylic acids is 1. The first-order chi connectivity index (χ1) is 16.4. The molecule has 1 amide bonds. The van der Waals surface area contributed by atoms with Crippen molar-refractivity contribution >= 4 is 16.0 Å². The van der Waals surface area contributed by atoms with Gasteiger partial charge >= 0.3 is 51.4 Å². The van der Waals surface area contributed by atoms with E-state index >= 15 is 0 Å². The van der Waals surface area contributed by atoms with E-state index < -0.39 is 10.1 Å². The molecule has 0 saturated heterocycles. The molecule has 0 bridgehead atoms. The van der Waals surface area contributed by atoms with E-state index in [1.54, 1.807) is 18.0 Å². The van der Waals surface area contributed by atoms with Crippen LogP contribution in [0.3, 0.4) is 0 Å². The molecule has 5 nitrogen and oxygen atoms in total. The fourth-order valence-electron chi connectivity index (χ4n) is 4.21. The van der Waals surface area contributed by atoms with Crippen molar-refractivity contribution in [2.45, 2.75) is 142 Å². The maximum atomic E-state index is 12.0. The Morgan fingerprint density at radius 1 is 0.686 bits per heavy atom. The van der Waals surface area contributed by atoms with Crippen LogP contribution in [0, 0.1) is 0 Å². The molecular formula is C28H54KNO4S. The van der Waals surface area contributed by atoms with E-state index in [4.69, 9.17) is 0 Å². The third-order valence-electron chi connectivity index (χ3n) is 6.50. The molecule has 7 heteroatoms. The van der Waals surface area contributed by atoms with Crippen LogP contribution in [0.2, 0.25) is 0 Å². The first kappa shape index (κ1) is 37.9. The van der Waals surface area contributed by atoms with Crippen LogP contribution in [0.1, 0.15) is 142 Å². The third kappa shape index (κ3) is 30.9. The molecule has 0 aliphatic heterocycles. The number of amides is 1. The summed E-state index contributed by atoms with van der Waals surface area (Å²) in [6.45, 7) is 2.75. The van der Waals surface area contributed by atoms with Crippen molar-refractivity contribution < 1.29 is 69.1 Å². The van der Waals surface area contributed by atoms with Gasteiger partial charge in [-0.15, -0.1) is 0 Å². The maximum Gasteiger partial charge on any atom is 1.00 e. The van der Waals surface area contributed by atoms with Gasteiger partial charge in [0.05, 0.1) is 10.1 Å². The van der Waals surface area contributed by atoms with Crippen LogP contribution >= 0.6 is 0 Å². The zero-order valence-corrected chi connectivity index (χ0v) is 27.3. The second-order valence-electron chi connectivity index (χ2n) is 9.93. The fraction of sp³-hybridized carbons (Fsp3) is 0.893. The van der Waals surface area contributed by atoms with Gasteiger partial charge in [-0.2, -0.15) is 0 Å². The monoisotopic (exact) mass is 539 g/mol. The molecule has 0 atom stereocenters. The number of nitrogens with zero attached hydrogens (tertiary/aromatic N) is 1. The van der Waals surface area contributed by atoms with E-state index in [0.29, 0.717) is 19.4 Å². The fourth-order valence-corrected chi connectivity index (χ4v) is 4.77. The molecule has 0 heterocycles. The summed E-state index contributed by atoms with van der Waals surface area (Å²) in [4.78, 5) is 13.6. The van der Waals surface area contributed by atoms with Gasteiger partial charge in [0.15, 0.2) is 0 Å². The zero-order chi connectivity index (χ0) is 25.3. The van der Waals surface area contributed by atoms with E-state index in [0.717, 1.165) is 12.8 Å². The summed E-state index contributed by atoms with van der Waals surface area (Å²) >= 11 is 0. The minimum Gasteiger partial charge on any atom is -0.748 e. The third-order valence-corrected chi connectivity index (χ3v) is 7.29. The molecule has 202 valence electrons. The predicted octanol–water partition coefficient (Wildman–Crippen LogP) is 4.76. The standard InChI is InChI=1S/C28H55NO4S.K/c1-3-4-5-6-7-8-9-10-11-12-13-14-15-16-17-18-19-20-21-22-25-28(30)29(2)26-23-24-27-34(31,32)33;/h22,25H,3-21,23-24,26-27H2,1-2H3,(H,31,32,33);/q;+1/p-1/b25-22+;. The number of hydrogen-bond acceptors (Lipinski definition) is 4. The van der Waals surface area contributed by atoms with Crippen LogP contribution in [0.4, 0.5) is 0 Å². The average Bonchev–Trinajstić information content (AvgIpc) is 2.79. The molecule has 0 N–H and O–H groups in total. The molecule has 0 fully saturated rings. The summed E-state index contributed by atoms with van der Waals surface area (Å²) in [6.07, 6.45) is 29.9. The van der Waals surface area contributed by atoms with Gasteiger partial charge in [0.25, 0.3) is 0 Å². The predicted molar refractivity (Wildman–Crippen MR) is 144 cm³/mol. The molecule has 0 saturated carbocycles. The largest absolute Gasteiger partial charge is 1.00 e. The summed E-state index contributed by atoms with van der Waals surface area (Å²) in [5, 5.41) is 0. The van der Waals surface area contributed by atoms with Gasteiger partial charge in [0, 0.05) is 19.3 Å². The van der Waals surface area contributed by atoms with Crippen LogP contribution in [0.15, 0.2) is 12.2 Å². The molecule has 0 radical (unpaired) electrons. The SMILES string of the molecule is CCCCCCCCCCCCCCCCCCCC/C=C/C(=O)N(C)CCCCS(=O)(=O)[O-].[K+]. The van der Waals surface area contributed by atoms with Gasteiger partial charge in [-0.1, -0.05) is 122 Å². The summed E-state index contributed by atoms with van der Waals surface area (Å²) in [6, 6.07) is 0. The topological polar surface area (TPSA) is 77.5 Å². The minimum atomic E-state index is -4.15. The Balaban J connectivity index is 0. The molecule has 0 aliphatic carbocycles. The molecule has 0 unspecified atom stereocenters. The van der Waals surface area contributed by atoms with E-state index in [1.165, 1.54) is 109 Å². The summed E-state index contributed by atoms with van der Waals surface area (Å²) < 4.78 is 31.7. The van der Waals surface area contributed by atoms with Crippen LogP contribution in [-0.4, -0.2) is 43.1 Å². The molecule has 35 heavy (non-hydrogen) atoms. The zero-order valence-electron chi connectivity index (χ0n) is 23.4. The first-order valence-electron chi connectivity index (χ1n) is 14.2. The van der Waals surface area contributed by atoms with Crippen molar-refractivity contribution in [2.75, 3.05) is 19.3 Å². The second kappa shape index (κ2) is 27.8. The molecule has 0 aliphatic rings. The van der Waals surface area contributed by atoms with E-state index in [-0.39, 0.29) is 63.0 Å². The van der Waals surface area contributed by atoms with Crippen molar-refractivity contribution in [3.63, 3.8) is 0 Å². The Morgan fingerprint density at radius 2 is 1.09 bits per heavy atom. The summed E-state index contributed by atoms with van der Waals surface area (Å²) in [5.41, 5.74) is 0. The van der Waals surface area contributed by atoms with Crippen LogP contribution < -0.4 is 51.4 Å². The first-order valence-corrected chi connectivity index (χ1v) is 15.8. The Bertz CT molecular complexity index is 596. The number of rotatable bonds is 25. The second-order valence-corrected chi connectivity index (χ2v) is 11.5. The quantitative estimate of drug-likeness (QED) is 0.0725. The minimum absolute atomic E-state index is 0. The van der Waals surface area contributed by atoms with E-state index in [2.05, 4.69) is 6.92 Å². The number of hydrogen-bond donors (Lipinski definition) is 0. The Labute approximate surface area is 260 Å². The van der Waals surface area contributed by atoms with Crippen LogP contribution in [0.5, 0.6) is 0 Å². The molecule has 0 spiro atoms. The number of allylic oxidation sites excluding steroid dienone is 1. The van der Waals surface area contributed by atoms with Gasteiger partial charge in [0.2, 0.25) is 5.91 Å². The number of carbonyl (C=O) groups is 1. The Kier molecular flexibility index (Phi) is 30.1. The normalized spacial score (nSPS) is 11.6. The Morgan fingerprint density at radius 3 is 1.49 bits per heavy atom. The number of likely N-dealkylation sites (N-methyl/N-ethyl adjacent to an activating group) is 1. The summed E-state index contributed by atoms with van der Waals surface area (Å²) in [7, 11) is -2.45. The van der Waals surface area contributed by atoms with Gasteiger partial charge in [-0.05, 0) is 31.8 Å². The van der Waals surface area contributed by atoms with E-state index in [9.17, 15) is 17.8 Å². The van der Waals surface area contributed by atoms with Crippen LogP contribution in [-0.2, 0) is 14.9 Å². The van der Waals surface area contributed by atoms with Crippen molar-refractivity contribution in [2.24, 2.45) is 0 Å². The number of unbranched alkanes of at least 4 members (excludes halogenated alkanes) is 19. The molecule has 0 aromatic rings. The van der Waals surface area contributed by atoms with Crippen molar-refractivity contribution in [3.05, 3.63) is 12.2 Å². The smallest absolute Gasteiger partial charge is 0.748 e. The molecule has 0 rings (SSSR count). The maximum absolute atomic E-state index is 12.0. The van der Waals surface area contributed by atoms with Crippen molar-refractivity contribution in [3.8, 4) is 0 Å². The van der Waals surface area contributed by atoms with Crippen LogP contribution in [0.25, 0.3) is 0 Å². The summed E-state index contributed by atoms with van der Waals surface area (Å²) in [5.74, 6) is -0.420. The van der Waals surface area contributed by atoms with Gasteiger partial charge < -0.3 is 9.45 Å². The van der Waals surface area contributed by atoms with Crippen molar-refractivity contribution in [1.29, 1.82) is 0 Å². The Hall–Kier alpha value is 0.756. The van der Waals surface area contributed by atoms with E-state index in [1.807, 2.05) is 6.08 Å². The van der Waals surface area contributed by atoms with Gasteiger partial charge in [0.1, 0.15) is 0 Å². The molecular weight excluding hydrogens is 485 g/mol. The van der Waals surface area contributed by atoms with Gasteiger partial charge in [-0.3, -0.25) is 4.79 Å². The van der Waals surface area contributed by atoms with Crippen molar-refractivity contribution in [1.82, 2.24) is 4.90 Å².